The van der Waals surface area contributed by atoms with Crippen LogP contribution in [0.25, 0.3) is 0 Å². The predicted octanol–water partition coefficient (Wildman–Crippen LogP) is 2.82. The molecular weight excluding hydrogens is 306 g/mol. The van der Waals surface area contributed by atoms with E-state index in [1.54, 1.807) is 0 Å². The Balaban J connectivity index is 1.75. The average molecular weight is 330 g/mol. The predicted molar refractivity (Wildman–Crippen MR) is 78.3 cm³/mol. The Morgan fingerprint density at radius 1 is 1.37 bits per heavy atom. The lowest BCUT2D eigenvalue weighted by Gasteiger charge is -2.52. The van der Waals surface area contributed by atoms with Gasteiger partial charge in [0.05, 0.1) is 6.10 Å². The first kappa shape index (κ1) is 13.9. The van der Waals surface area contributed by atoms with Crippen molar-refractivity contribution in [2.45, 2.75) is 50.5 Å². The molecular formula is C15H24BrNO2. The summed E-state index contributed by atoms with van der Waals surface area (Å²) in [6.45, 7) is 7.24. The number of amides is 1. The Morgan fingerprint density at radius 2 is 2.11 bits per heavy atom. The van der Waals surface area contributed by atoms with Crippen LogP contribution in [0.15, 0.2) is 0 Å². The van der Waals surface area contributed by atoms with Crippen LogP contribution in [0.4, 0.5) is 0 Å². The number of carbonyl (C=O) groups is 1. The lowest BCUT2D eigenvalue weighted by molar-refractivity contribution is -0.157. The van der Waals surface area contributed by atoms with Crippen LogP contribution in [0, 0.1) is 17.3 Å². The zero-order chi connectivity index (χ0) is 13.6. The molecule has 0 aromatic heterocycles. The molecule has 3 aliphatic rings. The second-order valence-electron chi connectivity index (χ2n) is 7.11. The van der Waals surface area contributed by atoms with E-state index in [0.29, 0.717) is 22.8 Å². The minimum Gasteiger partial charge on any atom is -0.376 e. The molecule has 2 heterocycles. The summed E-state index contributed by atoms with van der Waals surface area (Å²) in [5.41, 5.74) is 0.245. The number of hydrogen-bond donors (Lipinski definition) is 0. The summed E-state index contributed by atoms with van der Waals surface area (Å²) >= 11 is 3.72. The highest BCUT2D eigenvalue weighted by atomic mass is 79.9. The normalized spacial score (nSPS) is 41.6. The van der Waals surface area contributed by atoms with Gasteiger partial charge in [-0.15, -0.1) is 0 Å². The van der Waals surface area contributed by atoms with Crippen LogP contribution in [-0.2, 0) is 9.53 Å². The number of rotatable bonds is 2. The number of fused-ring (bicyclic) bond motifs is 1. The van der Waals surface area contributed by atoms with Gasteiger partial charge in [0.1, 0.15) is 0 Å². The molecule has 0 aromatic carbocycles. The first-order chi connectivity index (χ1) is 8.97. The summed E-state index contributed by atoms with van der Waals surface area (Å²) in [7, 11) is 0. The maximum Gasteiger partial charge on any atom is 0.226 e. The van der Waals surface area contributed by atoms with Crippen LogP contribution in [0.2, 0.25) is 0 Å². The van der Waals surface area contributed by atoms with Crippen LogP contribution in [0.3, 0.4) is 0 Å². The summed E-state index contributed by atoms with van der Waals surface area (Å²) in [6, 6.07) is 0. The number of likely N-dealkylation sites (tertiary alicyclic amines) is 1. The topological polar surface area (TPSA) is 29.5 Å². The van der Waals surface area contributed by atoms with Crippen molar-refractivity contribution in [1.29, 1.82) is 0 Å². The van der Waals surface area contributed by atoms with E-state index >= 15 is 0 Å². The Hall–Kier alpha value is -0.0900. The Labute approximate surface area is 124 Å². The fourth-order valence-corrected chi connectivity index (χ4v) is 4.75. The van der Waals surface area contributed by atoms with Crippen molar-refractivity contribution in [3.8, 4) is 0 Å². The van der Waals surface area contributed by atoms with Crippen molar-refractivity contribution in [1.82, 2.24) is 4.90 Å². The molecule has 0 spiro atoms. The lowest BCUT2D eigenvalue weighted by atomic mass is 9.62. The van der Waals surface area contributed by atoms with Gasteiger partial charge in [-0.1, -0.05) is 29.8 Å². The second-order valence-corrected chi connectivity index (χ2v) is 8.41. The number of nitrogens with zero attached hydrogens (tertiary/aromatic N) is 1. The molecule has 0 radical (unpaired) electrons. The highest BCUT2D eigenvalue weighted by molar-refractivity contribution is 9.09. The highest BCUT2D eigenvalue weighted by Crippen LogP contribution is 2.48. The van der Waals surface area contributed by atoms with Gasteiger partial charge in [-0.05, 0) is 37.0 Å². The van der Waals surface area contributed by atoms with Gasteiger partial charge in [0.2, 0.25) is 5.91 Å². The van der Waals surface area contributed by atoms with Gasteiger partial charge in [-0.2, -0.15) is 0 Å². The quantitative estimate of drug-likeness (QED) is 0.729. The zero-order valence-corrected chi connectivity index (χ0v) is 13.5. The van der Waals surface area contributed by atoms with Crippen LogP contribution in [0.1, 0.15) is 39.5 Å². The molecule has 1 aliphatic carbocycles. The molecule has 4 unspecified atom stereocenters. The maximum atomic E-state index is 12.7. The van der Waals surface area contributed by atoms with Crippen molar-refractivity contribution in [2.24, 2.45) is 17.3 Å². The van der Waals surface area contributed by atoms with Gasteiger partial charge in [-0.3, -0.25) is 4.79 Å². The number of alkyl halides is 1. The maximum absolute atomic E-state index is 12.7. The van der Waals surface area contributed by atoms with E-state index in [-0.39, 0.29) is 11.3 Å². The minimum absolute atomic E-state index is 0.224. The van der Waals surface area contributed by atoms with E-state index in [1.165, 1.54) is 12.8 Å². The molecule has 2 saturated heterocycles. The van der Waals surface area contributed by atoms with E-state index in [9.17, 15) is 4.79 Å². The molecule has 3 nitrogen and oxygen atoms in total. The molecule has 0 N–H and O–H groups in total. The molecule has 1 amide bonds. The number of hydrogen-bond acceptors (Lipinski definition) is 2. The monoisotopic (exact) mass is 329 g/mol. The molecule has 4 heteroatoms. The molecule has 3 fully saturated rings. The standard InChI is InChI=1S/C15H24BrNO2/c1-15(2)9-17(8-11-5-6-19-11)14(18)12-7-10(16)3-4-13(12)15/h10-13H,3-9H2,1-2H3. The second kappa shape index (κ2) is 5.03. The first-order valence-corrected chi connectivity index (χ1v) is 8.43. The zero-order valence-electron chi connectivity index (χ0n) is 11.9. The molecule has 4 atom stereocenters. The van der Waals surface area contributed by atoms with Crippen LogP contribution >= 0.6 is 15.9 Å². The smallest absolute Gasteiger partial charge is 0.226 e. The molecule has 19 heavy (non-hydrogen) atoms. The Morgan fingerprint density at radius 3 is 2.74 bits per heavy atom. The first-order valence-electron chi connectivity index (χ1n) is 7.52. The minimum atomic E-state index is 0.224. The Bertz CT molecular complexity index is 367. The summed E-state index contributed by atoms with van der Waals surface area (Å²) in [5, 5.41) is 0. The number of halogens is 1. The third kappa shape index (κ3) is 2.58. The van der Waals surface area contributed by atoms with Crippen molar-refractivity contribution < 1.29 is 9.53 Å². The molecule has 0 aromatic rings. The van der Waals surface area contributed by atoms with Crippen molar-refractivity contribution >= 4 is 21.8 Å². The Kier molecular flexibility index (Phi) is 3.67. The highest BCUT2D eigenvalue weighted by Gasteiger charge is 2.49. The van der Waals surface area contributed by atoms with Crippen LogP contribution in [-0.4, -0.2) is 41.4 Å². The number of piperidine rings is 1. The number of ether oxygens (including phenoxy) is 1. The summed E-state index contributed by atoms with van der Waals surface area (Å²) in [6.07, 6.45) is 4.81. The van der Waals surface area contributed by atoms with E-state index < -0.39 is 0 Å². The SMILES string of the molecule is CC1(C)CN(CC2CCO2)C(=O)C2CC(Br)CCC21. The fraction of sp³-hybridized carbons (Fsp3) is 0.933. The summed E-state index contributed by atoms with van der Waals surface area (Å²) in [4.78, 5) is 15.3. The molecule has 1 saturated carbocycles. The summed E-state index contributed by atoms with van der Waals surface area (Å²) < 4.78 is 5.50. The van der Waals surface area contributed by atoms with E-state index in [2.05, 4.69) is 34.7 Å². The average Bonchev–Trinajstić information content (AvgIpc) is 2.29. The fourth-order valence-electron chi connectivity index (χ4n) is 4.08. The van der Waals surface area contributed by atoms with Crippen LogP contribution in [0.5, 0.6) is 0 Å². The third-order valence-electron chi connectivity index (χ3n) is 5.23. The van der Waals surface area contributed by atoms with Crippen LogP contribution < -0.4 is 0 Å². The van der Waals surface area contributed by atoms with Crippen molar-refractivity contribution in [2.75, 3.05) is 19.7 Å². The number of carbonyl (C=O) groups excluding carboxylic acids is 1. The van der Waals surface area contributed by atoms with Crippen molar-refractivity contribution in [3.05, 3.63) is 0 Å². The lowest BCUT2D eigenvalue weighted by Crippen LogP contribution is -2.58. The largest absolute Gasteiger partial charge is 0.376 e. The molecule has 3 rings (SSSR count). The van der Waals surface area contributed by atoms with Gasteiger partial charge in [0.15, 0.2) is 0 Å². The third-order valence-corrected chi connectivity index (χ3v) is 6.07. The molecule has 2 aliphatic heterocycles. The van der Waals surface area contributed by atoms with E-state index in [4.69, 9.17) is 4.74 Å². The molecule has 0 bridgehead atoms. The molecule has 108 valence electrons. The summed E-state index contributed by atoms with van der Waals surface area (Å²) in [5.74, 6) is 1.17. The van der Waals surface area contributed by atoms with Gasteiger partial charge < -0.3 is 9.64 Å². The van der Waals surface area contributed by atoms with Gasteiger partial charge >= 0.3 is 0 Å². The van der Waals surface area contributed by atoms with E-state index in [1.807, 2.05) is 0 Å². The van der Waals surface area contributed by atoms with Gasteiger partial charge in [0, 0.05) is 30.4 Å². The van der Waals surface area contributed by atoms with Gasteiger partial charge in [0.25, 0.3) is 0 Å². The van der Waals surface area contributed by atoms with Gasteiger partial charge in [-0.25, -0.2) is 0 Å². The van der Waals surface area contributed by atoms with Crippen molar-refractivity contribution in [3.63, 3.8) is 0 Å². The van der Waals surface area contributed by atoms with E-state index in [0.717, 1.165) is 32.5 Å².